The Bertz CT molecular complexity index is 2130. The van der Waals surface area contributed by atoms with Crippen LogP contribution in [0.1, 0.15) is 83.5 Å². The largest absolute Gasteiger partial charge is 0.497 e. The number of rotatable bonds is 7. The van der Waals surface area contributed by atoms with Crippen LogP contribution in [0.5, 0.6) is 5.75 Å². The van der Waals surface area contributed by atoms with Crippen molar-refractivity contribution in [3.8, 4) is 17.0 Å². The number of piperazine rings is 1. The van der Waals surface area contributed by atoms with Crippen LogP contribution in [-0.2, 0) is 21.5 Å². The van der Waals surface area contributed by atoms with E-state index in [4.69, 9.17) is 4.74 Å². The third-order valence-corrected chi connectivity index (χ3v) is 13.3. The molecule has 0 spiro atoms. The summed E-state index contributed by atoms with van der Waals surface area (Å²) in [6.07, 6.45) is 6.41. The molecule has 0 radical (unpaired) electrons. The number of carbonyl (C=O) groups is 2. The lowest BCUT2D eigenvalue weighted by Gasteiger charge is -2.42. The molecule has 12 heteroatoms. The van der Waals surface area contributed by atoms with Crippen molar-refractivity contribution in [2.75, 3.05) is 47.9 Å². The average Bonchev–Trinajstić information content (AvgIpc) is 3.81. The Kier molecular flexibility index (Phi) is 9.73. The number of benzene rings is 3. The zero-order valence-corrected chi connectivity index (χ0v) is 32.2. The number of nitrogens with zero attached hydrogens (tertiary/aromatic N) is 4. The minimum absolute atomic E-state index is 0. The van der Waals surface area contributed by atoms with Gasteiger partial charge in [-0.1, -0.05) is 55.7 Å². The van der Waals surface area contributed by atoms with E-state index < -0.39 is 21.5 Å². The maximum absolute atomic E-state index is 15.3. The number of aromatic nitrogens is 1. The first-order chi connectivity index (χ1) is 24.5. The lowest BCUT2D eigenvalue weighted by Crippen LogP contribution is -2.52. The van der Waals surface area contributed by atoms with Crippen molar-refractivity contribution < 1.29 is 22.7 Å². The lowest BCUT2D eigenvalue weighted by atomic mass is 9.81. The summed E-state index contributed by atoms with van der Waals surface area (Å²) in [6.45, 7) is 2.68. The highest BCUT2D eigenvalue weighted by atomic mass is 32.2. The highest BCUT2D eigenvalue weighted by molar-refractivity contribution is 7.87. The summed E-state index contributed by atoms with van der Waals surface area (Å²) < 4.78 is 36.6. The van der Waals surface area contributed by atoms with E-state index in [-0.39, 0.29) is 36.9 Å². The van der Waals surface area contributed by atoms with Crippen LogP contribution in [0.2, 0.25) is 0 Å². The molecule has 3 atom stereocenters. The van der Waals surface area contributed by atoms with Gasteiger partial charge in [0.25, 0.3) is 5.91 Å². The summed E-state index contributed by atoms with van der Waals surface area (Å²) in [5, 5.41) is 1.06. The summed E-state index contributed by atoms with van der Waals surface area (Å²) in [7, 11) is 2.59. The summed E-state index contributed by atoms with van der Waals surface area (Å²) in [4.78, 5) is 33.2. The molecule has 0 bridgehead atoms. The topological polar surface area (TPSA) is 104 Å². The van der Waals surface area contributed by atoms with Crippen molar-refractivity contribution in [2.24, 2.45) is 5.41 Å². The molecule has 3 heterocycles. The molecule has 1 N–H and O–H groups in total. The second kappa shape index (κ2) is 13.9. The van der Waals surface area contributed by atoms with Gasteiger partial charge in [-0.15, -0.1) is 0 Å². The first-order valence-corrected chi connectivity index (χ1v) is 19.6. The fraction of sp³-hybridized carbons (Fsp3) is 0.450. The predicted octanol–water partition coefficient (Wildman–Crippen LogP) is 6.02. The van der Waals surface area contributed by atoms with Gasteiger partial charge in [-0.25, -0.2) is 4.72 Å². The van der Waals surface area contributed by atoms with E-state index in [9.17, 15) is 13.2 Å². The van der Waals surface area contributed by atoms with Crippen molar-refractivity contribution in [3.05, 3.63) is 89.0 Å². The number of ether oxygens (including phenoxy) is 1. The van der Waals surface area contributed by atoms with E-state index in [0.29, 0.717) is 19.0 Å². The quantitative estimate of drug-likeness (QED) is 0.249. The normalized spacial score (nSPS) is 23.2. The maximum Gasteiger partial charge on any atom is 0.303 e. The van der Waals surface area contributed by atoms with Crippen LogP contribution in [-0.4, -0.2) is 86.8 Å². The average molecular weight is 744 g/mol. The molecule has 2 saturated carbocycles. The second-order valence-corrected chi connectivity index (χ2v) is 17.1. The van der Waals surface area contributed by atoms with Gasteiger partial charge in [0.2, 0.25) is 5.91 Å². The van der Waals surface area contributed by atoms with Gasteiger partial charge in [-0.2, -0.15) is 26.2 Å². The lowest BCUT2D eigenvalue weighted by molar-refractivity contribution is -0.143. The minimum atomic E-state index is -3.99. The molecule has 4 aliphatic rings. The standard InChI is InChI=1S/C40H47N5O5S.H2S/c1-42(2)51(48,49)41-38(46)28-15-17-31-34(21-28)45-25-40(39(47)44-20-19-43(3)24-35(44)26-11-7-5-8-12-26)23-33(40)32-22-29(50-4)16-18-30(32)37(45)36(31)27-13-9-6-10-14-27;/h5,7-8,11-12,15-18,21-22,27,33,35H,6,9-10,13-14,19-20,23-25H2,1-4H3,(H,41,46);1H2/t33-,35?,40-;/m0./s1. The zero-order valence-electron chi connectivity index (χ0n) is 30.4. The Morgan fingerprint density at radius 3 is 2.42 bits per heavy atom. The summed E-state index contributed by atoms with van der Waals surface area (Å²) in [5.74, 6) is 0.605. The highest BCUT2D eigenvalue weighted by Gasteiger charge is 2.64. The van der Waals surface area contributed by atoms with E-state index in [0.717, 1.165) is 88.5 Å². The third kappa shape index (κ3) is 6.11. The van der Waals surface area contributed by atoms with Crippen LogP contribution in [0, 0.1) is 5.41 Å². The molecule has 2 amide bonds. The van der Waals surface area contributed by atoms with Gasteiger partial charge in [0.1, 0.15) is 5.75 Å². The molecular weight excluding hydrogens is 695 g/mol. The summed E-state index contributed by atoms with van der Waals surface area (Å²) in [5.41, 5.74) is 6.22. The Morgan fingerprint density at radius 2 is 1.71 bits per heavy atom. The van der Waals surface area contributed by atoms with Crippen LogP contribution in [0.3, 0.4) is 0 Å². The van der Waals surface area contributed by atoms with Crippen molar-refractivity contribution in [2.45, 2.75) is 62.9 Å². The van der Waals surface area contributed by atoms with Crippen molar-refractivity contribution >= 4 is 46.4 Å². The molecule has 10 nitrogen and oxygen atoms in total. The van der Waals surface area contributed by atoms with Gasteiger partial charge in [0.05, 0.1) is 24.3 Å². The van der Waals surface area contributed by atoms with Gasteiger partial charge >= 0.3 is 10.2 Å². The van der Waals surface area contributed by atoms with E-state index in [1.165, 1.54) is 26.1 Å². The molecule has 2 aliphatic carbocycles. The molecule has 2 aliphatic heterocycles. The number of likely N-dealkylation sites (N-methyl/N-ethyl adjacent to an activating group) is 1. The third-order valence-electron chi connectivity index (χ3n) is 11.9. The number of nitrogens with one attached hydrogen (secondary N) is 1. The Labute approximate surface area is 313 Å². The summed E-state index contributed by atoms with van der Waals surface area (Å²) in [6, 6.07) is 22.1. The van der Waals surface area contributed by atoms with Crippen LogP contribution >= 0.6 is 13.5 Å². The number of fused-ring (bicyclic) bond motifs is 7. The molecule has 52 heavy (non-hydrogen) atoms. The monoisotopic (exact) mass is 743 g/mol. The highest BCUT2D eigenvalue weighted by Crippen LogP contribution is 2.66. The van der Waals surface area contributed by atoms with Gasteiger partial charge in [0.15, 0.2) is 0 Å². The molecule has 3 fully saturated rings. The number of carbonyl (C=O) groups excluding carboxylic acids is 2. The van der Waals surface area contributed by atoms with Crippen LogP contribution in [0.15, 0.2) is 66.7 Å². The smallest absolute Gasteiger partial charge is 0.303 e. The number of amides is 2. The predicted molar refractivity (Wildman–Crippen MR) is 208 cm³/mol. The first kappa shape index (κ1) is 36.5. The molecule has 1 saturated heterocycles. The molecule has 8 rings (SSSR count). The Hall–Kier alpha value is -3.84. The fourth-order valence-corrected chi connectivity index (χ4v) is 9.63. The van der Waals surface area contributed by atoms with E-state index in [1.54, 1.807) is 13.2 Å². The Morgan fingerprint density at radius 1 is 0.962 bits per heavy atom. The molecule has 1 aromatic heterocycles. The van der Waals surface area contributed by atoms with E-state index in [1.807, 2.05) is 36.4 Å². The molecule has 1 unspecified atom stereocenters. The molecule has 3 aromatic carbocycles. The van der Waals surface area contributed by atoms with Crippen molar-refractivity contribution in [1.29, 1.82) is 0 Å². The maximum atomic E-state index is 15.3. The summed E-state index contributed by atoms with van der Waals surface area (Å²) >= 11 is 0. The Balaban J connectivity index is 0.00000420. The fourth-order valence-electron chi connectivity index (χ4n) is 9.10. The van der Waals surface area contributed by atoms with E-state index in [2.05, 4.69) is 50.4 Å². The van der Waals surface area contributed by atoms with Crippen molar-refractivity contribution in [3.63, 3.8) is 0 Å². The SMILES string of the molecule is COc1ccc2c(c1)[C@@H]1C[C@]1(C(=O)N1CCN(C)CC1c1ccccc1)Cn1c-2c(C2CCCCC2)c2ccc(C(=O)NS(=O)(=O)N(C)C)cc21.S. The zero-order chi connectivity index (χ0) is 35.7. The number of hydrogen-bond acceptors (Lipinski definition) is 6. The number of hydrogen-bond donors (Lipinski definition) is 1. The van der Waals surface area contributed by atoms with Gasteiger partial charge in [-0.05, 0) is 79.3 Å². The molecular formula is C40H49N5O5S2. The van der Waals surface area contributed by atoms with Gasteiger partial charge in [-0.3, -0.25) is 9.59 Å². The molecule has 4 aromatic rings. The second-order valence-electron chi connectivity index (χ2n) is 15.2. The van der Waals surface area contributed by atoms with Crippen LogP contribution in [0.25, 0.3) is 22.2 Å². The first-order valence-electron chi connectivity index (χ1n) is 18.2. The van der Waals surface area contributed by atoms with Gasteiger partial charge < -0.3 is 19.1 Å². The minimum Gasteiger partial charge on any atom is -0.497 e. The molecule has 276 valence electrons. The van der Waals surface area contributed by atoms with Crippen LogP contribution in [0.4, 0.5) is 0 Å². The van der Waals surface area contributed by atoms with Gasteiger partial charge in [0, 0.05) is 68.2 Å². The van der Waals surface area contributed by atoms with Crippen LogP contribution < -0.4 is 9.46 Å². The van der Waals surface area contributed by atoms with Crippen molar-refractivity contribution in [1.82, 2.24) is 23.4 Å². The van der Waals surface area contributed by atoms with E-state index >= 15 is 4.79 Å². The number of methoxy groups -OCH3 is 1.